The van der Waals surface area contributed by atoms with Gasteiger partial charge in [0.1, 0.15) is 12.8 Å². The number of nitrogens with one attached hydrogen (secondary N) is 1. The van der Waals surface area contributed by atoms with Crippen LogP contribution in [-0.4, -0.2) is 172 Å². The number of anilines is 1. The van der Waals surface area contributed by atoms with E-state index in [-0.39, 0.29) is 68.7 Å². The van der Waals surface area contributed by atoms with Gasteiger partial charge in [-0.2, -0.15) is 0 Å². The molecule has 1 saturated heterocycles. The molecule has 8 rings (SSSR count). The molecule has 6 aliphatic rings. The fraction of sp³-hybridized carbons (Fsp3) is 0.585. The van der Waals surface area contributed by atoms with Crippen molar-refractivity contribution >= 4 is 41.0 Å². The van der Waals surface area contributed by atoms with Gasteiger partial charge in [0.2, 0.25) is 5.91 Å². The van der Waals surface area contributed by atoms with E-state index in [1.54, 1.807) is 19.9 Å². The summed E-state index contributed by atoms with van der Waals surface area (Å²) in [7, 11) is 0. The zero-order valence-electron chi connectivity index (χ0n) is 41.1. The molecular weight excluding hydrogens is 975 g/mol. The molecule has 2 aliphatic heterocycles. The van der Waals surface area contributed by atoms with Gasteiger partial charge in [-0.3, -0.25) is 24.1 Å². The van der Waals surface area contributed by atoms with Crippen molar-refractivity contribution in [2.75, 3.05) is 97.8 Å². The van der Waals surface area contributed by atoms with Gasteiger partial charge in [0, 0.05) is 49.9 Å². The van der Waals surface area contributed by atoms with Crippen LogP contribution >= 0.6 is 11.8 Å². The largest absolute Gasteiger partial charge is 0.390 e. The van der Waals surface area contributed by atoms with Crippen LogP contribution in [0.5, 0.6) is 0 Å². The Labute approximate surface area is 427 Å². The standard InChI is InChI=1S/C53H66F2N2O15S/c1-50-14-12-36(59)29-41(50)42(54)30-40-39-31-45-53(44(61)33-58,51(39,2)32-43(60)52(40,50)55)72-49(71-45)34-6-8-37(9-7-34)73-38-5-3-4-35(28-38)56-46(62)13-16-65-18-20-67-22-24-69-26-27-70-25-23-68-21-19-66-17-15-57-47(63)10-11-48(57)64/h3-12,14,28-29,36,39-40,42-43,45,49,58-60H,13,15-27,30-33H2,1-2H3,(H,56,62)/t36?,39-,40-,42-,43-,45+,49+,50-,51-,52-,53+/m0/s1. The van der Waals surface area contributed by atoms with Crippen LogP contribution in [0, 0.1) is 22.7 Å². The molecule has 3 saturated carbocycles. The van der Waals surface area contributed by atoms with Crippen LogP contribution in [0.15, 0.2) is 94.3 Å². The average Bonchev–Trinajstić information content (AvgIpc) is 4.00. The van der Waals surface area contributed by atoms with Gasteiger partial charge in [-0.25, -0.2) is 8.78 Å². The molecule has 0 spiro atoms. The van der Waals surface area contributed by atoms with Gasteiger partial charge >= 0.3 is 0 Å². The van der Waals surface area contributed by atoms with E-state index >= 15 is 8.78 Å². The molecular formula is C53H66F2N2O15S. The third-order valence-corrected chi connectivity index (χ3v) is 16.2. The lowest BCUT2D eigenvalue weighted by Crippen LogP contribution is -2.70. The molecule has 4 fully saturated rings. The Kier molecular flexibility index (Phi) is 18.2. The zero-order valence-corrected chi connectivity index (χ0v) is 41.9. The van der Waals surface area contributed by atoms with Crippen molar-refractivity contribution in [3.63, 3.8) is 0 Å². The highest BCUT2D eigenvalue weighted by atomic mass is 32.2. The maximum atomic E-state index is 17.8. The zero-order chi connectivity index (χ0) is 51.8. The summed E-state index contributed by atoms with van der Waals surface area (Å²) in [5, 5.41) is 35.3. The summed E-state index contributed by atoms with van der Waals surface area (Å²) < 4.78 is 79.8. The van der Waals surface area contributed by atoms with Crippen LogP contribution in [0.25, 0.3) is 0 Å². The maximum Gasteiger partial charge on any atom is 0.253 e. The summed E-state index contributed by atoms with van der Waals surface area (Å²) >= 11 is 1.47. The highest BCUT2D eigenvalue weighted by Gasteiger charge is 2.80. The molecule has 3 amide bonds. The first-order valence-electron chi connectivity index (χ1n) is 24.9. The number of halogens is 2. The number of alkyl halides is 2. The first kappa shape index (κ1) is 55.0. The third-order valence-electron chi connectivity index (χ3n) is 15.2. The average molecular weight is 1040 g/mol. The first-order chi connectivity index (χ1) is 35.1. The smallest absolute Gasteiger partial charge is 0.253 e. The molecule has 398 valence electrons. The van der Waals surface area contributed by atoms with Crippen LogP contribution in [0.2, 0.25) is 0 Å². The second-order valence-corrected chi connectivity index (χ2v) is 20.6. The summed E-state index contributed by atoms with van der Waals surface area (Å²) in [5.41, 5.74) is -5.41. The molecule has 2 aromatic carbocycles. The van der Waals surface area contributed by atoms with E-state index in [1.807, 2.05) is 42.5 Å². The van der Waals surface area contributed by atoms with Crippen molar-refractivity contribution in [2.24, 2.45) is 22.7 Å². The van der Waals surface area contributed by atoms with E-state index in [0.29, 0.717) is 77.3 Å². The highest BCUT2D eigenvalue weighted by Crippen LogP contribution is 2.72. The number of imide groups is 1. The number of nitrogens with zero attached hydrogens (tertiary/aromatic N) is 1. The number of Topliss-reactive ketones (excluding diaryl/α,β-unsaturated/α-hetero) is 1. The fourth-order valence-electron chi connectivity index (χ4n) is 11.7. The Balaban J connectivity index is 0.703. The number of aliphatic hydroxyl groups is 3. The molecule has 0 aromatic heterocycles. The van der Waals surface area contributed by atoms with Gasteiger partial charge in [0.05, 0.1) is 111 Å². The number of hydrogen-bond donors (Lipinski definition) is 4. The molecule has 17 nitrogen and oxygen atoms in total. The molecule has 4 N–H and O–H groups in total. The van der Waals surface area contributed by atoms with Crippen molar-refractivity contribution in [3.05, 3.63) is 90.0 Å². The topological polar surface area (TPSA) is 218 Å². The first-order valence-corrected chi connectivity index (χ1v) is 25.7. The van der Waals surface area contributed by atoms with Gasteiger partial charge in [-0.05, 0) is 74.1 Å². The number of benzene rings is 2. The minimum Gasteiger partial charge on any atom is -0.390 e. The number of aliphatic hydroxyl groups excluding tert-OH is 3. The van der Waals surface area contributed by atoms with E-state index in [0.717, 1.165) is 14.7 Å². The van der Waals surface area contributed by atoms with Crippen LogP contribution < -0.4 is 5.32 Å². The lowest BCUT2D eigenvalue weighted by atomic mass is 9.44. The van der Waals surface area contributed by atoms with E-state index in [9.17, 15) is 34.5 Å². The third kappa shape index (κ3) is 11.5. The maximum absolute atomic E-state index is 17.8. The van der Waals surface area contributed by atoms with Gasteiger partial charge in [0.15, 0.2) is 23.3 Å². The predicted molar refractivity (Wildman–Crippen MR) is 260 cm³/mol. The van der Waals surface area contributed by atoms with E-state index < -0.39 is 77.1 Å². The van der Waals surface area contributed by atoms with Crippen LogP contribution in [0.4, 0.5) is 14.5 Å². The number of ether oxygens (including phenoxy) is 8. The van der Waals surface area contributed by atoms with E-state index in [1.165, 1.54) is 42.1 Å². The van der Waals surface area contributed by atoms with Crippen molar-refractivity contribution in [1.29, 1.82) is 0 Å². The Bertz CT molecular complexity index is 2360. The monoisotopic (exact) mass is 1040 g/mol. The number of rotatable bonds is 27. The second kappa shape index (κ2) is 24.1. The Hall–Kier alpha value is -4.29. The fourth-order valence-corrected chi connectivity index (χ4v) is 12.6. The summed E-state index contributed by atoms with van der Waals surface area (Å²) in [5.74, 6) is -3.14. The Morgan fingerprint density at radius 1 is 0.808 bits per heavy atom. The lowest BCUT2D eigenvalue weighted by Gasteiger charge is -2.63. The van der Waals surface area contributed by atoms with Gasteiger partial charge in [0.25, 0.3) is 11.8 Å². The van der Waals surface area contributed by atoms with Crippen molar-refractivity contribution in [1.82, 2.24) is 4.90 Å². The quantitative estimate of drug-likeness (QED) is 0.0545. The summed E-state index contributed by atoms with van der Waals surface area (Å²) in [6.07, 6.45) is 0.424. The Morgan fingerprint density at radius 2 is 1.41 bits per heavy atom. The molecule has 11 atom stereocenters. The summed E-state index contributed by atoms with van der Waals surface area (Å²) in [4.78, 5) is 52.5. The minimum absolute atomic E-state index is 0.111. The molecule has 73 heavy (non-hydrogen) atoms. The number of amides is 3. The SMILES string of the molecule is C[C@]12C=CC(O)C=C1[C@@H](F)C[C@H]1[C@@H]3C[C@H]4O[C@@H](c5ccc(Sc6cccc(NC(=O)CCOCCOCCOCCOCCOCCOCCN7C(=O)C=CC7=O)c6)cc5)O[C@@]4(C(=O)CO)[C@@]3(C)C[C@H](O)[C@@]12F. The number of hydrogen-bond acceptors (Lipinski definition) is 16. The van der Waals surface area contributed by atoms with E-state index in [2.05, 4.69) is 5.32 Å². The van der Waals surface area contributed by atoms with Crippen molar-refractivity contribution in [2.45, 2.75) is 91.4 Å². The van der Waals surface area contributed by atoms with Gasteiger partial charge in [-0.15, -0.1) is 0 Å². The Morgan fingerprint density at radius 3 is 2.03 bits per heavy atom. The second-order valence-electron chi connectivity index (χ2n) is 19.5. The van der Waals surface area contributed by atoms with Crippen molar-refractivity contribution in [3.8, 4) is 0 Å². The van der Waals surface area contributed by atoms with Crippen LogP contribution in [0.3, 0.4) is 0 Å². The number of fused-ring (bicyclic) bond motifs is 7. The molecule has 20 heteroatoms. The summed E-state index contributed by atoms with van der Waals surface area (Å²) in [6.45, 7) is 6.90. The highest BCUT2D eigenvalue weighted by molar-refractivity contribution is 7.99. The molecule has 2 aromatic rings. The number of carbonyl (C=O) groups is 4. The van der Waals surface area contributed by atoms with Crippen LogP contribution in [0.1, 0.15) is 51.4 Å². The minimum atomic E-state index is -2.30. The van der Waals surface area contributed by atoms with Gasteiger partial charge in [-0.1, -0.05) is 49.0 Å². The summed E-state index contributed by atoms with van der Waals surface area (Å²) in [6, 6.07) is 14.8. The lowest BCUT2D eigenvalue weighted by molar-refractivity contribution is -0.235. The van der Waals surface area contributed by atoms with Crippen LogP contribution in [-0.2, 0) is 57.1 Å². The molecule has 1 unspecified atom stereocenters. The number of ketones is 1. The van der Waals surface area contributed by atoms with E-state index in [4.69, 9.17) is 37.9 Å². The van der Waals surface area contributed by atoms with Gasteiger partial charge < -0.3 is 58.5 Å². The molecule has 0 bridgehead atoms. The molecule has 4 aliphatic carbocycles. The van der Waals surface area contributed by atoms with Crippen molar-refractivity contribution < 1.29 is 81.2 Å². The predicted octanol–water partition coefficient (Wildman–Crippen LogP) is 4.63. The number of carbonyl (C=O) groups excluding carboxylic acids is 4. The molecule has 0 radical (unpaired) electrons. The normalized spacial score (nSPS) is 32.1. The number of allylic oxidation sites excluding steroid dienone is 2. The molecule has 2 heterocycles.